The summed E-state index contributed by atoms with van der Waals surface area (Å²) in [7, 11) is 0.922. The summed E-state index contributed by atoms with van der Waals surface area (Å²) in [5.74, 6) is 0.623. The van der Waals surface area contributed by atoms with Crippen molar-refractivity contribution in [2.45, 2.75) is 17.9 Å². The molecule has 0 bridgehead atoms. The average molecular weight is 232 g/mol. The first-order valence-corrected chi connectivity index (χ1v) is 6.14. The Morgan fingerprint density at radius 2 is 2.00 bits per heavy atom. The lowest BCUT2D eigenvalue weighted by molar-refractivity contribution is 0.646. The standard InChI is InChI=1S/C10H14ClNOS/c1-8(12-2)7-14(13)10-5-3-9(11)4-6-10/h3-6,8,12H,7H2,1-2H3. The number of rotatable bonds is 4. The molecule has 0 heterocycles. The number of nitrogens with one attached hydrogen (secondary N) is 1. The highest BCUT2D eigenvalue weighted by atomic mass is 35.5. The highest BCUT2D eigenvalue weighted by Crippen LogP contribution is 2.13. The first kappa shape index (κ1) is 11.7. The maximum Gasteiger partial charge on any atom is 0.0545 e. The number of hydrogen-bond acceptors (Lipinski definition) is 2. The summed E-state index contributed by atoms with van der Waals surface area (Å²) >= 11 is 5.74. The molecule has 4 heteroatoms. The highest BCUT2D eigenvalue weighted by molar-refractivity contribution is 7.85. The van der Waals surface area contributed by atoms with Crippen LogP contribution >= 0.6 is 11.6 Å². The quantitative estimate of drug-likeness (QED) is 0.860. The molecule has 14 heavy (non-hydrogen) atoms. The molecule has 1 rings (SSSR count). The summed E-state index contributed by atoms with van der Waals surface area (Å²) in [6.07, 6.45) is 0. The zero-order valence-electron chi connectivity index (χ0n) is 8.29. The van der Waals surface area contributed by atoms with Gasteiger partial charge in [-0.25, -0.2) is 0 Å². The van der Waals surface area contributed by atoms with E-state index < -0.39 is 10.8 Å². The molecule has 1 aromatic rings. The molecule has 0 radical (unpaired) electrons. The predicted octanol–water partition coefficient (Wildman–Crippen LogP) is 2.06. The molecule has 0 aliphatic rings. The van der Waals surface area contributed by atoms with Gasteiger partial charge in [0.1, 0.15) is 0 Å². The Bertz CT molecular complexity index is 312. The fourth-order valence-corrected chi connectivity index (χ4v) is 2.37. The van der Waals surface area contributed by atoms with Crippen LogP contribution in [-0.4, -0.2) is 23.1 Å². The number of benzene rings is 1. The Labute approximate surface area is 92.1 Å². The fraction of sp³-hybridized carbons (Fsp3) is 0.400. The van der Waals surface area contributed by atoms with E-state index in [1.54, 1.807) is 24.3 Å². The van der Waals surface area contributed by atoms with Gasteiger partial charge in [0.15, 0.2) is 0 Å². The molecular formula is C10H14ClNOS. The Morgan fingerprint density at radius 1 is 1.43 bits per heavy atom. The first-order valence-electron chi connectivity index (χ1n) is 4.44. The van der Waals surface area contributed by atoms with Gasteiger partial charge in [-0.15, -0.1) is 0 Å². The first-order chi connectivity index (χ1) is 6.63. The smallest absolute Gasteiger partial charge is 0.0545 e. The largest absolute Gasteiger partial charge is 0.316 e. The maximum absolute atomic E-state index is 11.8. The van der Waals surface area contributed by atoms with Crippen LogP contribution < -0.4 is 5.32 Å². The van der Waals surface area contributed by atoms with Gasteiger partial charge in [0, 0.05) is 21.7 Å². The number of hydrogen-bond donors (Lipinski definition) is 1. The van der Waals surface area contributed by atoms with Gasteiger partial charge in [0.2, 0.25) is 0 Å². The lowest BCUT2D eigenvalue weighted by Gasteiger charge is -2.09. The van der Waals surface area contributed by atoms with E-state index in [9.17, 15) is 4.21 Å². The van der Waals surface area contributed by atoms with Crippen molar-refractivity contribution >= 4 is 22.4 Å². The molecule has 0 aromatic heterocycles. The third kappa shape index (κ3) is 3.40. The molecule has 2 atom stereocenters. The molecule has 0 amide bonds. The van der Waals surface area contributed by atoms with Crippen LogP contribution in [0, 0.1) is 0 Å². The van der Waals surface area contributed by atoms with Crippen LogP contribution in [0.5, 0.6) is 0 Å². The molecule has 1 aromatic carbocycles. The third-order valence-corrected chi connectivity index (χ3v) is 3.82. The van der Waals surface area contributed by atoms with E-state index >= 15 is 0 Å². The zero-order valence-corrected chi connectivity index (χ0v) is 9.86. The Kier molecular flexibility index (Phi) is 4.58. The van der Waals surface area contributed by atoms with Gasteiger partial charge in [0.05, 0.1) is 10.8 Å². The van der Waals surface area contributed by atoms with E-state index in [4.69, 9.17) is 11.6 Å². The molecule has 0 saturated heterocycles. The van der Waals surface area contributed by atoms with E-state index in [0.717, 1.165) is 4.90 Å². The third-order valence-electron chi connectivity index (χ3n) is 1.97. The molecular weight excluding hydrogens is 218 g/mol. The SMILES string of the molecule is CNC(C)CS(=O)c1ccc(Cl)cc1. The van der Waals surface area contributed by atoms with E-state index in [2.05, 4.69) is 5.32 Å². The lowest BCUT2D eigenvalue weighted by atomic mass is 10.4. The van der Waals surface area contributed by atoms with E-state index in [1.807, 2.05) is 14.0 Å². The summed E-state index contributed by atoms with van der Waals surface area (Å²) in [4.78, 5) is 0.830. The van der Waals surface area contributed by atoms with Gasteiger partial charge in [0.25, 0.3) is 0 Å². The Hall–Kier alpha value is -0.380. The molecule has 2 nitrogen and oxygen atoms in total. The topological polar surface area (TPSA) is 29.1 Å². The maximum atomic E-state index is 11.8. The summed E-state index contributed by atoms with van der Waals surface area (Å²) in [5, 5.41) is 3.73. The van der Waals surface area contributed by atoms with Crippen molar-refractivity contribution in [3.63, 3.8) is 0 Å². The van der Waals surface area contributed by atoms with Gasteiger partial charge in [-0.1, -0.05) is 11.6 Å². The van der Waals surface area contributed by atoms with Crippen molar-refractivity contribution in [2.75, 3.05) is 12.8 Å². The van der Waals surface area contributed by atoms with Crippen LogP contribution in [0.3, 0.4) is 0 Å². The monoisotopic (exact) mass is 231 g/mol. The van der Waals surface area contributed by atoms with Crippen LogP contribution in [0.25, 0.3) is 0 Å². The fourth-order valence-electron chi connectivity index (χ4n) is 0.993. The average Bonchev–Trinajstić information content (AvgIpc) is 2.18. The van der Waals surface area contributed by atoms with Crippen LogP contribution in [0.2, 0.25) is 5.02 Å². The van der Waals surface area contributed by atoms with Crippen LogP contribution in [0.1, 0.15) is 6.92 Å². The molecule has 2 unspecified atom stereocenters. The lowest BCUT2D eigenvalue weighted by Crippen LogP contribution is -2.27. The summed E-state index contributed by atoms with van der Waals surface area (Å²) in [5.41, 5.74) is 0. The van der Waals surface area contributed by atoms with E-state index in [0.29, 0.717) is 10.8 Å². The van der Waals surface area contributed by atoms with Gasteiger partial charge in [-0.3, -0.25) is 4.21 Å². The summed E-state index contributed by atoms with van der Waals surface area (Å²) in [6.45, 7) is 2.01. The van der Waals surface area contributed by atoms with Gasteiger partial charge in [-0.05, 0) is 38.2 Å². The number of halogens is 1. The van der Waals surface area contributed by atoms with Crippen molar-refractivity contribution in [3.05, 3.63) is 29.3 Å². The minimum absolute atomic E-state index is 0.256. The van der Waals surface area contributed by atoms with E-state index in [1.165, 1.54) is 0 Å². The van der Waals surface area contributed by atoms with E-state index in [-0.39, 0.29) is 6.04 Å². The van der Waals surface area contributed by atoms with Crippen molar-refractivity contribution in [2.24, 2.45) is 0 Å². The molecule has 78 valence electrons. The second-order valence-corrected chi connectivity index (χ2v) is 5.09. The molecule has 0 saturated carbocycles. The zero-order chi connectivity index (χ0) is 10.6. The van der Waals surface area contributed by atoms with Gasteiger partial charge in [-0.2, -0.15) is 0 Å². The minimum Gasteiger partial charge on any atom is -0.316 e. The summed E-state index contributed by atoms with van der Waals surface area (Å²) in [6, 6.07) is 7.39. The highest BCUT2D eigenvalue weighted by Gasteiger charge is 2.07. The molecule has 0 aliphatic carbocycles. The molecule has 0 spiro atoms. The van der Waals surface area contributed by atoms with Gasteiger partial charge < -0.3 is 5.32 Å². The molecule has 0 fully saturated rings. The predicted molar refractivity (Wildman–Crippen MR) is 61.2 cm³/mol. The van der Waals surface area contributed by atoms with Crippen molar-refractivity contribution in [1.82, 2.24) is 5.32 Å². The second-order valence-electron chi connectivity index (χ2n) is 3.16. The van der Waals surface area contributed by atoms with Crippen molar-refractivity contribution < 1.29 is 4.21 Å². The second kappa shape index (κ2) is 5.49. The van der Waals surface area contributed by atoms with Crippen LogP contribution in [-0.2, 0) is 10.8 Å². The minimum atomic E-state index is -0.943. The van der Waals surface area contributed by atoms with Gasteiger partial charge >= 0.3 is 0 Å². The summed E-state index contributed by atoms with van der Waals surface area (Å²) < 4.78 is 11.8. The molecule has 0 aliphatic heterocycles. The van der Waals surface area contributed by atoms with Crippen LogP contribution in [0.4, 0.5) is 0 Å². The van der Waals surface area contributed by atoms with Crippen LogP contribution in [0.15, 0.2) is 29.2 Å². The van der Waals surface area contributed by atoms with Crippen molar-refractivity contribution in [1.29, 1.82) is 0 Å². The normalized spacial score (nSPS) is 15.1. The Balaban J connectivity index is 2.65. The van der Waals surface area contributed by atoms with Crippen molar-refractivity contribution in [3.8, 4) is 0 Å². The molecule has 1 N–H and O–H groups in total. The Morgan fingerprint density at radius 3 is 2.50 bits per heavy atom.